The van der Waals surface area contributed by atoms with Crippen LogP contribution in [-0.2, 0) is 9.59 Å². The lowest BCUT2D eigenvalue weighted by molar-refractivity contribution is -0.152. The third kappa shape index (κ3) is 2.26. The summed E-state index contributed by atoms with van der Waals surface area (Å²) in [7, 11) is 0. The van der Waals surface area contributed by atoms with Crippen molar-refractivity contribution in [2.75, 3.05) is 0 Å². The molecule has 0 aromatic rings. The summed E-state index contributed by atoms with van der Waals surface area (Å²) in [6.45, 7) is 4.77. The number of carboxylic acids is 1. The van der Waals surface area contributed by atoms with Crippen LogP contribution in [0.3, 0.4) is 0 Å². The third-order valence-corrected chi connectivity index (χ3v) is 0.867. The van der Waals surface area contributed by atoms with Crippen molar-refractivity contribution in [2.24, 2.45) is 5.41 Å². The molecule has 0 bridgehead atoms. The van der Waals surface area contributed by atoms with Gasteiger partial charge in [-0.25, -0.2) is 4.79 Å². The van der Waals surface area contributed by atoms with E-state index >= 15 is 0 Å². The molecule has 0 aromatic carbocycles. The predicted molar refractivity (Wildman–Crippen MR) is 32.1 cm³/mol. The van der Waals surface area contributed by atoms with E-state index in [-0.39, 0.29) is 0 Å². The summed E-state index contributed by atoms with van der Waals surface area (Å²) in [6, 6.07) is 0. The minimum Gasteiger partial charge on any atom is -0.475 e. The molecule has 0 radical (unpaired) electrons. The van der Waals surface area contributed by atoms with Gasteiger partial charge in [0.05, 0.1) is 0 Å². The number of ketones is 1. The van der Waals surface area contributed by atoms with Crippen molar-refractivity contribution < 1.29 is 14.7 Å². The summed E-state index contributed by atoms with van der Waals surface area (Å²) in [4.78, 5) is 21.2. The molecule has 0 atom stereocenters. The zero-order valence-electron chi connectivity index (χ0n) is 6.72. The van der Waals surface area contributed by atoms with Crippen molar-refractivity contribution in [1.82, 2.24) is 0 Å². The van der Waals surface area contributed by atoms with Crippen molar-refractivity contribution in [2.45, 2.75) is 20.8 Å². The highest BCUT2D eigenvalue weighted by atomic mass is 16.4. The van der Waals surface area contributed by atoms with Crippen LogP contribution in [-0.4, -0.2) is 16.9 Å². The van der Waals surface area contributed by atoms with E-state index in [1.165, 1.54) is 0 Å². The minimum absolute atomic E-state index is 0.678. The van der Waals surface area contributed by atoms with Crippen LogP contribution in [0.25, 0.3) is 1.43 Å². The van der Waals surface area contributed by atoms with Gasteiger partial charge in [-0.2, -0.15) is 0 Å². The van der Waals surface area contributed by atoms with E-state index in [9.17, 15) is 9.59 Å². The first kappa shape index (κ1) is 6.26. The molecule has 0 rings (SSSR count). The molecule has 3 heteroatoms. The van der Waals surface area contributed by atoms with Crippen molar-refractivity contribution in [3.05, 3.63) is 0 Å². The monoisotopic (exact) mass is 131 g/mol. The molecule has 0 spiro atoms. The van der Waals surface area contributed by atoms with Gasteiger partial charge in [-0.15, -0.1) is 0 Å². The molecule has 0 saturated carbocycles. The summed E-state index contributed by atoms with van der Waals surface area (Å²) in [5.41, 5.74) is -0.752. The van der Waals surface area contributed by atoms with Gasteiger partial charge in [0.2, 0.25) is 5.78 Å². The van der Waals surface area contributed by atoms with E-state index in [1.807, 2.05) is 0 Å². The smallest absolute Gasteiger partial charge is 0.372 e. The Balaban J connectivity index is 4.24. The number of rotatable bonds is 1. The molecule has 0 aliphatic carbocycles. The van der Waals surface area contributed by atoms with Crippen molar-refractivity contribution >= 4 is 11.8 Å². The van der Waals surface area contributed by atoms with Gasteiger partial charge in [0.15, 0.2) is 0 Å². The normalized spacial score (nSPS) is 12.1. The summed E-state index contributed by atoms with van der Waals surface area (Å²) < 4.78 is 6.15. The van der Waals surface area contributed by atoms with Gasteiger partial charge in [0.1, 0.15) is 0 Å². The molecule has 0 fully saturated rings. The number of hydrogen-bond donors (Lipinski definition) is 1. The van der Waals surface area contributed by atoms with Gasteiger partial charge in [0, 0.05) is 5.41 Å². The molecular formula is C6H10O3. The molecular weight excluding hydrogens is 120 g/mol. The third-order valence-electron chi connectivity index (χ3n) is 0.867. The Kier molecular flexibility index (Phi) is 1.51. The SMILES string of the molecule is [2H]OC(=O)C(=O)C(C)(C)C. The lowest BCUT2D eigenvalue weighted by Gasteiger charge is -2.11. The zero-order valence-corrected chi connectivity index (χ0v) is 5.72. The topological polar surface area (TPSA) is 54.4 Å². The quantitative estimate of drug-likeness (QED) is 0.532. The maximum absolute atomic E-state index is 10.8. The number of hydrogen-bond acceptors (Lipinski definition) is 3. The van der Waals surface area contributed by atoms with E-state index < -0.39 is 17.2 Å². The minimum atomic E-state index is -1.10. The second-order valence-corrected chi connectivity index (χ2v) is 2.87. The highest BCUT2D eigenvalue weighted by Crippen LogP contribution is 2.13. The predicted octanol–water partition coefficient (Wildman–Crippen LogP) is 0.686. The maximum atomic E-state index is 10.8. The summed E-state index contributed by atoms with van der Waals surface area (Å²) >= 11 is 0. The van der Waals surface area contributed by atoms with Crippen LogP contribution in [0.15, 0.2) is 0 Å². The van der Waals surface area contributed by atoms with Gasteiger partial charge in [-0.3, -0.25) is 4.79 Å². The fourth-order valence-electron chi connectivity index (χ4n) is 0.306. The van der Waals surface area contributed by atoms with E-state index in [0.29, 0.717) is 0 Å². The lowest BCUT2D eigenvalue weighted by Crippen LogP contribution is -2.27. The van der Waals surface area contributed by atoms with Crippen LogP contribution >= 0.6 is 0 Å². The molecule has 0 aromatic heterocycles. The molecule has 0 unspecified atom stereocenters. The Morgan fingerprint density at radius 1 is 1.44 bits per heavy atom. The lowest BCUT2D eigenvalue weighted by atomic mass is 9.91. The second kappa shape index (κ2) is 2.17. The molecule has 0 heterocycles. The Morgan fingerprint density at radius 3 is 2.00 bits per heavy atom. The molecule has 0 aliphatic heterocycles. The molecule has 52 valence electrons. The molecule has 9 heavy (non-hydrogen) atoms. The number of carbonyl (C=O) groups is 2. The number of aliphatic carboxylic acids is 1. The van der Waals surface area contributed by atoms with Gasteiger partial charge in [-0.05, 0) is 0 Å². The van der Waals surface area contributed by atoms with Crippen LogP contribution in [0.2, 0.25) is 0 Å². The average molecular weight is 131 g/mol. The van der Waals surface area contributed by atoms with E-state index in [0.717, 1.165) is 0 Å². The fourth-order valence-corrected chi connectivity index (χ4v) is 0.306. The highest BCUT2D eigenvalue weighted by molar-refractivity contribution is 6.34. The second-order valence-electron chi connectivity index (χ2n) is 2.87. The maximum Gasteiger partial charge on any atom is 0.372 e. The standard InChI is InChI=1S/C6H10O3/c1-6(2,3)4(7)5(8)9/h1-3H3,(H,8,9)/i/hD. The van der Waals surface area contributed by atoms with Crippen LogP contribution in [0.5, 0.6) is 0 Å². The first-order valence-electron chi connectivity index (χ1n) is 3.02. The molecule has 0 amide bonds. The number of Topliss-reactive ketones (excluding diaryl/α,β-unsaturated/α-hetero) is 1. The Hall–Kier alpha value is -0.860. The first-order valence-corrected chi connectivity index (χ1v) is 2.61. The van der Waals surface area contributed by atoms with Crippen LogP contribution in [0.1, 0.15) is 20.8 Å². The molecule has 3 nitrogen and oxygen atoms in total. The van der Waals surface area contributed by atoms with Gasteiger partial charge >= 0.3 is 5.97 Å². The summed E-state index contributed by atoms with van der Waals surface area (Å²) in [6.07, 6.45) is 0. The highest BCUT2D eigenvalue weighted by Gasteiger charge is 2.27. The summed E-state index contributed by atoms with van der Waals surface area (Å²) in [5, 5.41) is 3.50. The van der Waals surface area contributed by atoms with E-state index in [1.54, 1.807) is 20.8 Å². The van der Waals surface area contributed by atoms with Crippen LogP contribution in [0, 0.1) is 5.41 Å². The van der Waals surface area contributed by atoms with Crippen molar-refractivity contribution in [3.63, 3.8) is 0 Å². The number of carboxylic acid groups (broad SMARTS) is 1. The average Bonchev–Trinajstić information content (AvgIpc) is 1.83. The molecule has 1 N–H and O–H groups in total. The Labute approximate surface area is 55.2 Å². The van der Waals surface area contributed by atoms with Crippen molar-refractivity contribution in [3.8, 4) is 0 Å². The van der Waals surface area contributed by atoms with E-state index in [4.69, 9.17) is 1.43 Å². The molecule has 0 saturated heterocycles. The first-order chi connectivity index (χ1) is 4.39. The zero-order chi connectivity index (χ0) is 8.36. The Bertz CT molecular complexity index is 157. The fraction of sp³-hybridized carbons (Fsp3) is 0.667. The molecule has 0 aliphatic rings. The van der Waals surface area contributed by atoms with E-state index in [2.05, 4.69) is 5.11 Å². The van der Waals surface area contributed by atoms with Crippen LogP contribution < -0.4 is 0 Å². The Morgan fingerprint density at radius 2 is 1.89 bits per heavy atom. The van der Waals surface area contributed by atoms with Gasteiger partial charge in [0.25, 0.3) is 1.43 Å². The van der Waals surface area contributed by atoms with Crippen molar-refractivity contribution in [1.29, 1.82) is 1.43 Å². The largest absolute Gasteiger partial charge is 0.475 e. The van der Waals surface area contributed by atoms with Gasteiger partial charge < -0.3 is 5.11 Å². The van der Waals surface area contributed by atoms with Gasteiger partial charge in [-0.1, -0.05) is 20.8 Å². The van der Waals surface area contributed by atoms with Crippen LogP contribution in [0.4, 0.5) is 0 Å². The summed E-state index contributed by atoms with van der Waals surface area (Å²) in [5.74, 6) is -1.78. The number of carbonyl (C=O) groups excluding carboxylic acids is 1.